The molecule has 0 saturated heterocycles. The lowest BCUT2D eigenvalue weighted by Crippen LogP contribution is -2.31. The highest BCUT2D eigenvalue weighted by Gasteiger charge is 2.01. The minimum absolute atomic E-state index is 0.615. The Hall–Kier alpha value is -0.120. The lowest BCUT2D eigenvalue weighted by Gasteiger charge is -2.20. The first-order valence-corrected chi connectivity index (χ1v) is 6.31. The number of nitrogens with one attached hydrogen (secondary N) is 2. The van der Waals surface area contributed by atoms with Crippen molar-refractivity contribution in [2.75, 3.05) is 39.8 Å². The molecule has 0 atom stereocenters. The molecule has 0 aliphatic carbocycles. The molecule has 0 heterocycles. The van der Waals surface area contributed by atoms with E-state index in [1.165, 1.54) is 32.5 Å². The number of rotatable bonds is 10. The molecule has 0 aliphatic heterocycles. The number of hydrogen-bond acceptors (Lipinski definition) is 3. The van der Waals surface area contributed by atoms with E-state index in [0.717, 1.165) is 13.1 Å². The predicted octanol–water partition coefficient (Wildman–Crippen LogP) is 1.31. The molecule has 0 aromatic heterocycles. The van der Waals surface area contributed by atoms with Crippen molar-refractivity contribution < 1.29 is 0 Å². The van der Waals surface area contributed by atoms with Crippen LogP contribution in [0.2, 0.25) is 0 Å². The summed E-state index contributed by atoms with van der Waals surface area (Å²) >= 11 is 0. The first-order chi connectivity index (χ1) is 7.20. The zero-order chi connectivity index (χ0) is 11.5. The minimum Gasteiger partial charge on any atom is -0.320 e. The normalized spacial score (nSPS) is 11.6. The quantitative estimate of drug-likeness (QED) is 0.538. The van der Waals surface area contributed by atoms with E-state index in [1.807, 2.05) is 7.05 Å². The van der Waals surface area contributed by atoms with E-state index in [1.54, 1.807) is 0 Å². The summed E-state index contributed by atoms with van der Waals surface area (Å²) < 4.78 is 0. The Labute approximate surface area is 95.6 Å². The van der Waals surface area contributed by atoms with E-state index in [0.29, 0.717) is 6.04 Å². The molecule has 0 radical (unpaired) electrons. The van der Waals surface area contributed by atoms with Crippen LogP contribution in [-0.4, -0.2) is 50.7 Å². The summed E-state index contributed by atoms with van der Waals surface area (Å²) in [6.45, 7) is 12.5. The summed E-state index contributed by atoms with van der Waals surface area (Å²) in [5.41, 5.74) is 0. The first kappa shape index (κ1) is 14.9. The lowest BCUT2D eigenvalue weighted by atomic mass is 10.3. The molecule has 15 heavy (non-hydrogen) atoms. The second kappa shape index (κ2) is 10.4. The topological polar surface area (TPSA) is 27.3 Å². The Morgan fingerprint density at radius 1 is 1.07 bits per heavy atom. The maximum absolute atomic E-state index is 3.45. The second-order valence-corrected chi connectivity index (χ2v) is 4.35. The SMILES string of the molecule is CCN(CCCNC)CCCNC(C)C. The Kier molecular flexibility index (Phi) is 10.3. The van der Waals surface area contributed by atoms with Crippen molar-refractivity contribution in [1.29, 1.82) is 0 Å². The molecule has 0 aliphatic rings. The van der Waals surface area contributed by atoms with E-state index in [4.69, 9.17) is 0 Å². The van der Waals surface area contributed by atoms with Gasteiger partial charge in [-0.15, -0.1) is 0 Å². The van der Waals surface area contributed by atoms with Crippen LogP contribution in [0.1, 0.15) is 33.6 Å². The number of hydrogen-bond donors (Lipinski definition) is 2. The molecule has 0 aromatic carbocycles. The maximum Gasteiger partial charge on any atom is 0.00103 e. The monoisotopic (exact) mass is 215 g/mol. The van der Waals surface area contributed by atoms with E-state index < -0.39 is 0 Å². The average molecular weight is 215 g/mol. The van der Waals surface area contributed by atoms with Gasteiger partial charge in [-0.2, -0.15) is 0 Å². The summed E-state index contributed by atoms with van der Waals surface area (Å²) in [7, 11) is 2.02. The van der Waals surface area contributed by atoms with E-state index in [9.17, 15) is 0 Å². The van der Waals surface area contributed by atoms with Crippen LogP contribution in [0.4, 0.5) is 0 Å². The van der Waals surface area contributed by atoms with E-state index in [-0.39, 0.29) is 0 Å². The third-order valence-electron chi connectivity index (χ3n) is 2.55. The highest BCUT2D eigenvalue weighted by atomic mass is 15.1. The maximum atomic E-state index is 3.45. The van der Waals surface area contributed by atoms with Gasteiger partial charge in [0.25, 0.3) is 0 Å². The summed E-state index contributed by atoms with van der Waals surface area (Å²) in [5.74, 6) is 0. The summed E-state index contributed by atoms with van der Waals surface area (Å²) in [5, 5.41) is 6.64. The molecular weight excluding hydrogens is 186 g/mol. The van der Waals surface area contributed by atoms with Crippen LogP contribution in [0.3, 0.4) is 0 Å². The molecule has 0 rings (SSSR count). The zero-order valence-corrected chi connectivity index (χ0v) is 11.0. The lowest BCUT2D eigenvalue weighted by molar-refractivity contribution is 0.278. The van der Waals surface area contributed by atoms with Crippen LogP contribution in [0.15, 0.2) is 0 Å². The highest BCUT2D eigenvalue weighted by molar-refractivity contribution is 4.59. The van der Waals surface area contributed by atoms with Gasteiger partial charge in [0.15, 0.2) is 0 Å². The molecule has 0 fully saturated rings. The molecule has 2 N–H and O–H groups in total. The Balaban J connectivity index is 3.35. The molecule has 0 bridgehead atoms. The fourth-order valence-corrected chi connectivity index (χ4v) is 1.60. The van der Waals surface area contributed by atoms with Crippen molar-refractivity contribution in [3.05, 3.63) is 0 Å². The van der Waals surface area contributed by atoms with Crippen molar-refractivity contribution >= 4 is 0 Å². The van der Waals surface area contributed by atoms with E-state index in [2.05, 4.69) is 36.3 Å². The highest BCUT2D eigenvalue weighted by Crippen LogP contribution is 1.93. The van der Waals surface area contributed by atoms with Crippen molar-refractivity contribution in [1.82, 2.24) is 15.5 Å². The molecule has 92 valence electrons. The molecule has 0 saturated carbocycles. The molecule has 0 unspecified atom stereocenters. The van der Waals surface area contributed by atoms with E-state index >= 15 is 0 Å². The van der Waals surface area contributed by atoms with Gasteiger partial charge in [-0.3, -0.25) is 0 Å². The summed E-state index contributed by atoms with van der Waals surface area (Å²) in [6, 6.07) is 0.615. The zero-order valence-electron chi connectivity index (χ0n) is 11.0. The fraction of sp³-hybridized carbons (Fsp3) is 1.00. The van der Waals surface area contributed by atoms with Crippen LogP contribution in [0.5, 0.6) is 0 Å². The van der Waals surface area contributed by atoms with Gasteiger partial charge in [0, 0.05) is 6.04 Å². The number of nitrogens with zero attached hydrogens (tertiary/aromatic N) is 1. The van der Waals surface area contributed by atoms with Gasteiger partial charge in [-0.1, -0.05) is 20.8 Å². The molecule has 0 amide bonds. The average Bonchev–Trinajstić information content (AvgIpc) is 2.21. The standard InChI is InChI=1S/C12H29N3/c1-5-15(10-6-8-13-4)11-7-9-14-12(2)3/h12-14H,5-11H2,1-4H3. The van der Waals surface area contributed by atoms with Gasteiger partial charge < -0.3 is 15.5 Å². The van der Waals surface area contributed by atoms with Crippen molar-refractivity contribution in [2.45, 2.75) is 39.7 Å². The molecule has 0 aromatic rings. The molecule has 0 spiro atoms. The van der Waals surface area contributed by atoms with Crippen molar-refractivity contribution in [3.63, 3.8) is 0 Å². The second-order valence-electron chi connectivity index (χ2n) is 4.35. The van der Waals surface area contributed by atoms with Crippen molar-refractivity contribution in [3.8, 4) is 0 Å². The third-order valence-corrected chi connectivity index (χ3v) is 2.55. The van der Waals surface area contributed by atoms with Gasteiger partial charge in [-0.25, -0.2) is 0 Å². The van der Waals surface area contributed by atoms with Gasteiger partial charge in [0.2, 0.25) is 0 Å². The third kappa shape index (κ3) is 10.2. The largest absolute Gasteiger partial charge is 0.320 e. The first-order valence-electron chi connectivity index (χ1n) is 6.31. The Bertz CT molecular complexity index is 126. The van der Waals surface area contributed by atoms with Crippen LogP contribution < -0.4 is 10.6 Å². The van der Waals surface area contributed by atoms with Gasteiger partial charge in [-0.05, 0) is 52.6 Å². The predicted molar refractivity (Wildman–Crippen MR) is 68.4 cm³/mol. The van der Waals surface area contributed by atoms with Crippen LogP contribution in [0.25, 0.3) is 0 Å². The van der Waals surface area contributed by atoms with Crippen LogP contribution >= 0.6 is 0 Å². The summed E-state index contributed by atoms with van der Waals surface area (Å²) in [4.78, 5) is 2.53. The van der Waals surface area contributed by atoms with Gasteiger partial charge >= 0.3 is 0 Å². The smallest absolute Gasteiger partial charge is 0.00103 e. The van der Waals surface area contributed by atoms with Crippen LogP contribution in [0, 0.1) is 0 Å². The summed E-state index contributed by atoms with van der Waals surface area (Å²) in [6.07, 6.45) is 2.51. The Morgan fingerprint density at radius 2 is 1.67 bits per heavy atom. The molecule has 3 heteroatoms. The molecule has 3 nitrogen and oxygen atoms in total. The molecular formula is C12H29N3. The minimum atomic E-state index is 0.615. The van der Waals surface area contributed by atoms with Gasteiger partial charge in [0.1, 0.15) is 0 Å². The van der Waals surface area contributed by atoms with Crippen molar-refractivity contribution in [2.24, 2.45) is 0 Å². The van der Waals surface area contributed by atoms with Crippen LogP contribution in [-0.2, 0) is 0 Å². The van der Waals surface area contributed by atoms with Gasteiger partial charge in [0.05, 0.1) is 0 Å². The fourth-order valence-electron chi connectivity index (χ4n) is 1.60. The Morgan fingerprint density at radius 3 is 2.13 bits per heavy atom.